The molecule has 0 aromatic heterocycles. The van der Waals surface area contributed by atoms with Crippen molar-refractivity contribution in [2.45, 2.75) is 25.3 Å². The van der Waals surface area contributed by atoms with Crippen molar-refractivity contribution in [1.82, 2.24) is 0 Å². The number of carbonyl (C=O) groups is 1. The summed E-state index contributed by atoms with van der Waals surface area (Å²) in [7, 11) is 1.56. The van der Waals surface area contributed by atoms with Gasteiger partial charge in [-0.05, 0) is 47.2 Å². The molecule has 152 valence electrons. The van der Waals surface area contributed by atoms with Crippen molar-refractivity contribution < 1.29 is 19.2 Å². The van der Waals surface area contributed by atoms with Gasteiger partial charge in [0.2, 0.25) is 0 Å². The van der Waals surface area contributed by atoms with Crippen molar-refractivity contribution >= 4 is 17.2 Å². The highest BCUT2D eigenvalue weighted by Gasteiger charge is 2.43. The minimum atomic E-state index is -1.01. The van der Waals surface area contributed by atoms with Crippen LogP contribution in [0.15, 0.2) is 54.1 Å². The van der Waals surface area contributed by atoms with Crippen LogP contribution in [-0.4, -0.2) is 31.2 Å². The Hall–Kier alpha value is -3.03. The fourth-order valence-electron chi connectivity index (χ4n) is 3.95. The summed E-state index contributed by atoms with van der Waals surface area (Å²) in [6, 6.07) is 14.2. The number of nitrogens with zero attached hydrogens (tertiary/aromatic N) is 1. The molecule has 0 aliphatic heterocycles. The van der Waals surface area contributed by atoms with E-state index in [1.807, 2.05) is 30.3 Å². The van der Waals surface area contributed by atoms with Gasteiger partial charge in [0.25, 0.3) is 5.69 Å². The molecule has 7 nitrogen and oxygen atoms in total. The lowest BCUT2D eigenvalue weighted by atomic mass is 9.79. The Morgan fingerprint density at radius 3 is 2.55 bits per heavy atom. The Kier molecular flexibility index (Phi) is 6.10. The molecule has 0 unspecified atom stereocenters. The van der Waals surface area contributed by atoms with Crippen molar-refractivity contribution in [3.05, 3.63) is 80.9 Å². The van der Waals surface area contributed by atoms with E-state index in [0.29, 0.717) is 18.6 Å². The molecule has 0 bridgehead atoms. The molecule has 1 aliphatic rings. The van der Waals surface area contributed by atoms with E-state index in [1.165, 1.54) is 12.1 Å². The van der Waals surface area contributed by atoms with Gasteiger partial charge in [0.15, 0.2) is 0 Å². The molecule has 2 aromatic rings. The van der Waals surface area contributed by atoms with Crippen LogP contribution in [0.4, 0.5) is 5.69 Å². The van der Waals surface area contributed by atoms with Crippen molar-refractivity contribution in [3.8, 4) is 0 Å². The van der Waals surface area contributed by atoms with Crippen LogP contribution in [0.2, 0.25) is 0 Å². The molecule has 2 N–H and O–H groups in total. The van der Waals surface area contributed by atoms with E-state index < -0.39 is 10.5 Å². The number of hydrogen-bond acceptors (Lipinski definition) is 6. The van der Waals surface area contributed by atoms with Crippen LogP contribution in [0.25, 0.3) is 5.57 Å². The summed E-state index contributed by atoms with van der Waals surface area (Å²) in [5, 5.41) is 11.3. The number of methoxy groups -OCH3 is 1. The molecule has 0 saturated heterocycles. The molecule has 1 atom stereocenters. The van der Waals surface area contributed by atoms with Gasteiger partial charge < -0.3 is 15.2 Å². The molecule has 0 heterocycles. The molecular formula is C22H24N2O5. The third-order valence-electron chi connectivity index (χ3n) is 5.21. The molecule has 0 amide bonds. The van der Waals surface area contributed by atoms with E-state index in [0.717, 1.165) is 22.3 Å². The third kappa shape index (κ3) is 3.79. The van der Waals surface area contributed by atoms with Gasteiger partial charge in [0.1, 0.15) is 0 Å². The van der Waals surface area contributed by atoms with Crippen molar-refractivity contribution in [2.75, 3.05) is 20.3 Å². The highest BCUT2D eigenvalue weighted by Crippen LogP contribution is 2.49. The zero-order chi connectivity index (χ0) is 21.0. The maximum atomic E-state index is 12.0. The van der Waals surface area contributed by atoms with E-state index in [4.69, 9.17) is 15.2 Å². The normalized spacial score (nSPS) is 17.9. The number of hydrogen-bond donors (Lipinski definition) is 1. The van der Waals surface area contributed by atoms with Crippen LogP contribution < -0.4 is 5.73 Å². The van der Waals surface area contributed by atoms with Gasteiger partial charge in [0.05, 0.1) is 23.7 Å². The average Bonchev–Trinajstić information content (AvgIpc) is 2.96. The number of carbonyl (C=O) groups excluding carboxylic acids is 1. The van der Waals surface area contributed by atoms with E-state index in [1.54, 1.807) is 20.1 Å². The average molecular weight is 396 g/mol. The zero-order valence-corrected chi connectivity index (χ0v) is 16.5. The molecule has 0 radical (unpaired) electrons. The zero-order valence-electron chi connectivity index (χ0n) is 16.5. The maximum Gasteiger partial charge on any atom is 0.306 e. The number of nitro benzene ring substituents is 1. The van der Waals surface area contributed by atoms with E-state index in [2.05, 4.69) is 0 Å². The standard InChI is InChI=1S/C22H24N2O5/c1-3-29-21(25)12-11-20-18(14-28-2)17-13-16(24(26)27)9-10-19(17)22(20,23)15-7-5-4-6-8-15/h4-10,13H,3,11-12,14,23H2,1-2H3/t22-/m1/s1. The predicted octanol–water partition coefficient (Wildman–Crippen LogP) is 3.55. The topological polar surface area (TPSA) is 105 Å². The van der Waals surface area contributed by atoms with Crippen LogP contribution in [0.3, 0.4) is 0 Å². The molecule has 1 aliphatic carbocycles. The number of nitrogens with two attached hydrogens (primary N) is 1. The second kappa shape index (κ2) is 8.55. The first kappa shape index (κ1) is 20.7. The summed E-state index contributed by atoms with van der Waals surface area (Å²) >= 11 is 0. The van der Waals surface area contributed by atoms with Gasteiger partial charge in [-0.1, -0.05) is 30.3 Å². The second-order valence-electron chi connectivity index (χ2n) is 6.86. The van der Waals surface area contributed by atoms with E-state index in [-0.39, 0.29) is 24.7 Å². The molecule has 0 fully saturated rings. The first-order valence-corrected chi connectivity index (χ1v) is 9.44. The van der Waals surface area contributed by atoms with E-state index >= 15 is 0 Å². The number of rotatable bonds is 8. The quantitative estimate of drug-likeness (QED) is 0.416. The van der Waals surface area contributed by atoms with Gasteiger partial charge in [-0.3, -0.25) is 14.9 Å². The molecule has 0 spiro atoms. The van der Waals surface area contributed by atoms with Crippen LogP contribution in [0.5, 0.6) is 0 Å². The molecule has 7 heteroatoms. The largest absolute Gasteiger partial charge is 0.466 e. The van der Waals surface area contributed by atoms with Gasteiger partial charge in [-0.25, -0.2) is 0 Å². The lowest BCUT2D eigenvalue weighted by Gasteiger charge is -2.30. The summed E-state index contributed by atoms with van der Waals surface area (Å²) in [5.74, 6) is -0.311. The van der Waals surface area contributed by atoms with E-state index in [9.17, 15) is 14.9 Å². The molecule has 2 aromatic carbocycles. The van der Waals surface area contributed by atoms with Crippen molar-refractivity contribution in [1.29, 1.82) is 0 Å². The van der Waals surface area contributed by atoms with Crippen molar-refractivity contribution in [2.24, 2.45) is 5.73 Å². The summed E-state index contributed by atoms with van der Waals surface area (Å²) < 4.78 is 10.5. The minimum Gasteiger partial charge on any atom is -0.466 e. The maximum absolute atomic E-state index is 12.0. The monoisotopic (exact) mass is 396 g/mol. The summed E-state index contributed by atoms with van der Waals surface area (Å²) in [4.78, 5) is 22.9. The fraction of sp³-hybridized carbons (Fsp3) is 0.318. The number of fused-ring (bicyclic) bond motifs is 1. The van der Waals surface area contributed by atoms with Crippen LogP contribution >= 0.6 is 0 Å². The third-order valence-corrected chi connectivity index (χ3v) is 5.21. The highest BCUT2D eigenvalue weighted by molar-refractivity contribution is 5.84. The first-order valence-electron chi connectivity index (χ1n) is 9.44. The van der Waals surface area contributed by atoms with Gasteiger partial charge >= 0.3 is 5.97 Å². The Labute approximate surface area is 169 Å². The Balaban J connectivity index is 2.18. The van der Waals surface area contributed by atoms with Crippen molar-refractivity contribution in [3.63, 3.8) is 0 Å². The summed E-state index contributed by atoms with van der Waals surface area (Å²) in [5.41, 5.74) is 9.88. The minimum absolute atomic E-state index is 0.0144. The molecule has 0 saturated carbocycles. The number of ether oxygens (including phenoxy) is 2. The number of benzene rings is 2. The number of non-ortho nitro benzene ring substituents is 1. The Morgan fingerprint density at radius 2 is 1.93 bits per heavy atom. The van der Waals surface area contributed by atoms with Crippen LogP contribution in [-0.2, 0) is 19.8 Å². The SMILES string of the molecule is CCOC(=O)CCC1=C(COC)c2cc([N+](=O)[O-])ccc2[C@]1(N)c1ccccc1. The number of esters is 1. The Bertz CT molecular complexity index is 955. The first-order chi connectivity index (χ1) is 13.9. The van der Waals surface area contributed by atoms with Gasteiger partial charge in [-0.2, -0.15) is 0 Å². The predicted molar refractivity (Wildman–Crippen MR) is 109 cm³/mol. The summed E-state index contributed by atoms with van der Waals surface area (Å²) in [6.45, 7) is 2.30. The van der Waals surface area contributed by atoms with Crippen LogP contribution in [0.1, 0.15) is 36.5 Å². The van der Waals surface area contributed by atoms with Crippen LogP contribution in [0, 0.1) is 10.1 Å². The Morgan fingerprint density at radius 1 is 1.21 bits per heavy atom. The molecule has 29 heavy (non-hydrogen) atoms. The lowest BCUT2D eigenvalue weighted by Crippen LogP contribution is -2.38. The second-order valence-corrected chi connectivity index (χ2v) is 6.86. The fourth-order valence-corrected chi connectivity index (χ4v) is 3.95. The smallest absolute Gasteiger partial charge is 0.306 e. The molecular weight excluding hydrogens is 372 g/mol. The molecule has 3 rings (SSSR count). The van der Waals surface area contributed by atoms with Gasteiger partial charge in [0, 0.05) is 25.7 Å². The number of nitro groups is 1. The van der Waals surface area contributed by atoms with Gasteiger partial charge in [-0.15, -0.1) is 0 Å². The lowest BCUT2D eigenvalue weighted by molar-refractivity contribution is -0.384. The highest BCUT2D eigenvalue weighted by atomic mass is 16.6. The summed E-state index contributed by atoms with van der Waals surface area (Å²) in [6.07, 6.45) is 0.531.